The number of furan rings is 1. The summed E-state index contributed by atoms with van der Waals surface area (Å²) < 4.78 is 10.9. The summed E-state index contributed by atoms with van der Waals surface area (Å²) in [5, 5.41) is 9.58. The first-order valence-electron chi connectivity index (χ1n) is 6.86. The Hall–Kier alpha value is -2.47. The van der Waals surface area contributed by atoms with Crippen LogP contribution in [0.15, 0.2) is 51.9 Å². The maximum atomic E-state index is 11.1. The Labute approximate surface area is 130 Å². The van der Waals surface area contributed by atoms with Gasteiger partial charge in [0.25, 0.3) is 0 Å². The maximum absolute atomic E-state index is 11.1. The van der Waals surface area contributed by atoms with Crippen molar-refractivity contribution in [3.05, 3.63) is 68.5 Å². The Morgan fingerprint density at radius 2 is 2.05 bits per heavy atom. The van der Waals surface area contributed by atoms with Gasteiger partial charge in [-0.2, -0.15) is 0 Å². The molecule has 22 heavy (non-hydrogen) atoms. The van der Waals surface area contributed by atoms with Gasteiger partial charge in [-0.05, 0) is 29.8 Å². The molecule has 0 unspecified atom stereocenters. The Kier molecular flexibility index (Phi) is 4.29. The van der Waals surface area contributed by atoms with E-state index in [1.54, 1.807) is 6.26 Å². The Morgan fingerprint density at radius 3 is 2.68 bits per heavy atom. The smallest absolute Gasteiger partial charge is 0.307 e. The zero-order valence-electron chi connectivity index (χ0n) is 11.7. The van der Waals surface area contributed by atoms with E-state index in [2.05, 4.69) is 4.98 Å². The number of aromatic nitrogens is 1. The Balaban J connectivity index is 1.55. The first kappa shape index (κ1) is 14.5. The predicted octanol–water partition coefficient (Wildman–Crippen LogP) is 2.95. The van der Waals surface area contributed by atoms with Crippen molar-refractivity contribution in [1.29, 1.82) is 0 Å². The number of aromatic hydroxyl groups is 1. The average Bonchev–Trinajstić information content (AvgIpc) is 3.11. The number of aromatic amines is 1. The van der Waals surface area contributed by atoms with Gasteiger partial charge in [-0.25, -0.2) is 0 Å². The van der Waals surface area contributed by atoms with Crippen LogP contribution in [0.2, 0.25) is 0 Å². The van der Waals surface area contributed by atoms with E-state index in [4.69, 9.17) is 9.15 Å². The third kappa shape index (κ3) is 3.59. The molecule has 5 nitrogen and oxygen atoms in total. The van der Waals surface area contributed by atoms with Crippen molar-refractivity contribution in [2.45, 2.75) is 12.8 Å². The van der Waals surface area contributed by atoms with Gasteiger partial charge in [0.2, 0.25) is 5.88 Å². The molecule has 0 aliphatic heterocycles. The van der Waals surface area contributed by atoms with E-state index in [-0.39, 0.29) is 10.8 Å². The molecule has 114 valence electrons. The van der Waals surface area contributed by atoms with Gasteiger partial charge in [-0.3, -0.25) is 9.78 Å². The molecule has 0 spiro atoms. The first-order chi connectivity index (χ1) is 10.7. The van der Waals surface area contributed by atoms with Crippen LogP contribution < -0.4 is 9.61 Å². The summed E-state index contributed by atoms with van der Waals surface area (Å²) in [5.74, 6) is 1.63. The third-order valence-electron chi connectivity index (χ3n) is 3.19. The van der Waals surface area contributed by atoms with Crippen LogP contribution in [0.5, 0.6) is 11.6 Å². The zero-order chi connectivity index (χ0) is 15.4. The summed E-state index contributed by atoms with van der Waals surface area (Å²) in [6.07, 6.45) is 2.89. The first-order valence-corrected chi connectivity index (χ1v) is 7.67. The molecule has 2 aromatic heterocycles. The number of hydrogen-bond acceptors (Lipinski definition) is 5. The molecule has 0 saturated carbocycles. The van der Waals surface area contributed by atoms with Crippen molar-refractivity contribution in [3.8, 4) is 11.6 Å². The van der Waals surface area contributed by atoms with E-state index >= 15 is 0 Å². The lowest BCUT2D eigenvalue weighted by molar-refractivity contribution is 0.309. The summed E-state index contributed by atoms with van der Waals surface area (Å²) in [6.45, 7) is 0.549. The van der Waals surface area contributed by atoms with Gasteiger partial charge in [-0.15, -0.1) is 0 Å². The molecule has 3 aromatic rings. The summed E-state index contributed by atoms with van der Waals surface area (Å²) in [7, 11) is 0. The average molecular weight is 317 g/mol. The van der Waals surface area contributed by atoms with Gasteiger partial charge in [0.1, 0.15) is 11.5 Å². The second-order valence-electron chi connectivity index (χ2n) is 4.78. The molecule has 0 radical (unpaired) electrons. The minimum atomic E-state index is -0.245. The van der Waals surface area contributed by atoms with Crippen molar-refractivity contribution < 1.29 is 14.3 Å². The van der Waals surface area contributed by atoms with Crippen molar-refractivity contribution in [2.75, 3.05) is 6.61 Å². The molecule has 0 amide bonds. The van der Waals surface area contributed by atoms with E-state index in [1.165, 1.54) is 0 Å². The minimum Gasteiger partial charge on any atom is -0.494 e. The highest BCUT2D eigenvalue weighted by Crippen LogP contribution is 2.21. The number of benzene rings is 1. The normalized spacial score (nSPS) is 10.7. The number of H-pyrrole nitrogens is 1. The molecule has 2 heterocycles. The maximum Gasteiger partial charge on any atom is 0.307 e. The standard InChI is InChI=1S/C16H15NO4S/c18-15-14(22-16(19)17-15)10-11-3-5-13(6-4-11)21-9-7-12-2-1-8-20-12/h1-6,8,18H,7,9-10H2,(H,17,19). The van der Waals surface area contributed by atoms with Gasteiger partial charge in [0.05, 0.1) is 17.7 Å². The molecule has 0 atom stereocenters. The second-order valence-corrected chi connectivity index (χ2v) is 5.85. The fourth-order valence-electron chi connectivity index (χ4n) is 2.09. The molecule has 6 heteroatoms. The highest BCUT2D eigenvalue weighted by Gasteiger charge is 2.07. The predicted molar refractivity (Wildman–Crippen MR) is 83.8 cm³/mol. The molecular weight excluding hydrogens is 302 g/mol. The topological polar surface area (TPSA) is 75.5 Å². The monoisotopic (exact) mass is 317 g/mol. The lowest BCUT2D eigenvalue weighted by Gasteiger charge is -2.06. The molecule has 0 saturated heterocycles. The Morgan fingerprint density at radius 1 is 1.23 bits per heavy atom. The lowest BCUT2D eigenvalue weighted by atomic mass is 10.1. The van der Waals surface area contributed by atoms with E-state index in [0.717, 1.165) is 34.8 Å². The molecule has 0 aliphatic rings. The highest BCUT2D eigenvalue weighted by molar-refractivity contribution is 7.09. The van der Waals surface area contributed by atoms with Gasteiger partial charge >= 0.3 is 4.87 Å². The molecule has 1 aromatic carbocycles. The number of nitrogens with one attached hydrogen (secondary N) is 1. The van der Waals surface area contributed by atoms with Gasteiger partial charge in [-0.1, -0.05) is 23.5 Å². The fourth-order valence-corrected chi connectivity index (χ4v) is 2.84. The van der Waals surface area contributed by atoms with Crippen molar-refractivity contribution >= 4 is 11.3 Å². The largest absolute Gasteiger partial charge is 0.494 e. The third-order valence-corrected chi connectivity index (χ3v) is 4.06. The van der Waals surface area contributed by atoms with Crippen LogP contribution in [0.3, 0.4) is 0 Å². The van der Waals surface area contributed by atoms with Crippen molar-refractivity contribution in [1.82, 2.24) is 4.98 Å². The number of rotatable bonds is 6. The van der Waals surface area contributed by atoms with Gasteiger partial charge in [0, 0.05) is 12.8 Å². The van der Waals surface area contributed by atoms with Crippen LogP contribution >= 0.6 is 11.3 Å². The molecule has 0 fully saturated rings. The van der Waals surface area contributed by atoms with Crippen LogP contribution in [-0.4, -0.2) is 16.7 Å². The second kappa shape index (κ2) is 6.53. The van der Waals surface area contributed by atoms with E-state index in [9.17, 15) is 9.90 Å². The van der Waals surface area contributed by atoms with E-state index in [0.29, 0.717) is 17.9 Å². The molecule has 0 aliphatic carbocycles. The summed E-state index contributed by atoms with van der Waals surface area (Å²) in [6, 6.07) is 11.4. The van der Waals surface area contributed by atoms with Crippen LogP contribution in [-0.2, 0) is 12.8 Å². The Bertz CT molecular complexity index is 771. The van der Waals surface area contributed by atoms with Crippen molar-refractivity contribution in [2.24, 2.45) is 0 Å². The number of hydrogen-bond donors (Lipinski definition) is 2. The van der Waals surface area contributed by atoms with Gasteiger partial charge in [0.15, 0.2) is 0 Å². The van der Waals surface area contributed by atoms with Crippen LogP contribution in [0, 0.1) is 0 Å². The summed E-state index contributed by atoms with van der Waals surface area (Å²) >= 11 is 1.02. The highest BCUT2D eigenvalue weighted by atomic mass is 32.1. The number of ether oxygens (including phenoxy) is 1. The minimum absolute atomic E-state index is 0.0474. The summed E-state index contributed by atoms with van der Waals surface area (Å²) in [5.41, 5.74) is 1.00. The molecular formula is C16H15NO4S. The summed E-state index contributed by atoms with van der Waals surface area (Å²) in [4.78, 5) is 13.9. The quantitative estimate of drug-likeness (QED) is 0.733. The zero-order valence-corrected chi connectivity index (χ0v) is 12.6. The van der Waals surface area contributed by atoms with Crippen molar-refractivity contribution in [3.63, 3.8) is 0 Å². The lowest BCUT2D eigenvalue weighted by Crippen LogP contribution is -2.00. The SMILES string of the molecule is O=c1[nH]c(O)c(Cc2ccc(OCCc3ccco3)cc2)s1. The molecule has 3 rings (SSSR count). The molecule has 0 bridgehead atoms. The van der Waals surface area contributed by atoms with Crippen LogP contribution in [0.25, 0.3) is 0 Å². The van der Waals surface area contributed by atoms with Crippen LogP contribution in [0.4, 0.5) is 0 Å². The van der Waals surface area contributed by atoms with E-state index in [1.807, 2.05) is 36.4 Å². The van der Waals surface area contributed by atoms with Crippen LogP contribution in [0.1, 0.15) is 16.2 Å². The van der Waals surface area contributed by atoms with Gasteiger partial charge < -0.3 is 14.3 Å². The molecule has 2 N–H and O–H groups in total. The fraction of sp³-hybridized carbons (Fsp3) is 0.188. The van der Waals surface area contributed by atoms with E-state index < -0.39 is 0 Å². The number of thiazole rings is 1.